The number of nitrogens with one attached hydrogen (secondary N) is 1. The van der Waals surface area contributed by atoms with Gasteiger partial charge in [-0.25, -0.2) is 22.4 Å². The van der Waals surface area contributed by atoms with Crippen LogP contribution in [0, 0.1) is 0 Å². The molecule has 3 heterocycles. The van der Waals surface area contributed by atoms with E-state index < -0.39 is 10.0 Å². The predicted octanol–water partition coefficient (Wildman–Crippen LogP) is 2.11. The number of imidazole rings is 1. The molecule has 4 aromatic rings. The van der Waals surface area contributed by atoms with Crippen LogP contribution in [-0.4, -0.2) is 43.7 Å². The van der Waals surface area contributed by atoms with E-state index in [2.05, 4.69) is 20.1 Å². The van der Waals surface area contributed by atoms with Gasteiger partial charge in [-0.15, -0.1) is 0 Å². The van der Waals surface area contributed by atoms with Crippen molar-refractivity contribution in [2.24, 2.45) is 7.05 Å². The van der Waals surface area contributed by atoms with Crippen molar-refractivity contribution in [2.75, 3.05) is 6.61 Å². The minimum absolute atomic E-state index is 0.0201. The average Bonchev–Trinajstić information content (AvgIpc) is 3.38. The quantitative estimate of drug-likeness (QED) is 0.465. The number of hydrogen-bond acceptors (Lipinski definition) is 7. The van der Waals surface area contributed by atoms with Gasteiger partial charge in [-0.2, -0.15) is 5.10 Å². The summed E-state index contributed by atoms with van der Waals surface area (Å²) in [6.45, 7) is 4.20. The number of rotatable bonds is 7. The Morgan fingerprint density at radius 2 is 2.03 bits per heavy atom. The van der Waals surface area contributed by atoms with Gasteiger partial charge in [-0.05, 0) is 31.5 Å². The third-order valence-corrected chi connectivity index (χ3v) is 6.43. The molecular formula is C20H22N6O4S. The highest BCUT2D eigenvalue weighted by Gasteiger charge is 2.22. The van der Waals surface area contributed by atoms with Gasteiger partial charge in [0.15, 0.2) is 5.52 Å². The Labute approximate surface area is 178 Å². The van der Waals surface area contributed by atoms with Crippen LogP contribution in [0.25, 0.3) is 22.4 Å². The number of hydrogen-bond donors (Lipinski definition) is 1. The standard InChI is InChI=1S/C20H22N6O4S/c1-4-6-15-17-18(25(3)24-15)20(27)23-19(22-17)14-11-13(7-8-16(14)30-5-2)31(28,29)26-10-9-21-12-26/h7-12H,4-6H2,1-3H3,(H,22,23,27). The van der Waals surface area contributed by atoms with Gasteiger partial charge in [-0.3, -0.25) is 9.48 Å². The maximum absolute atomic E-state index is 12.9. The van der Waals surface area contributed by atoms with Gasteiger partial charge in [0.2, 0.25) is 0 Å². The largest absolute Gasteiger partial charge is 0.493 e. The van der Waals surface area contributed by atoms with E-state index in [1.165, 1.54) is 35.5 Å². The number of ether oxygens (including phenoxy) is 1. The Bertz CT molecular complexity index is 1400. The Kier molecular flexibility index (Phi) is 5.36. The van der Waals surface area contributed by atoms with E-state index >= 15 is 0 Å². The molecule has 0 atom stereocenters. The van der Waals surface area contributed by atoms with Gasteiger partial charge in [0.05, 0.1) is 22.8 Å². The second-order valence-electron chi connectivity index (χ2n) is 6.92. The summed E-state index contributed by atoms with van der Waals surface area (Å²) in [7, 11) is -2.16. The third kappa shape index (κ3) is 3.61. The van der Waals surface area contributed by atoms with E-state index in [1.807, 2.05) is 13.8 Å². The van der Waals surface area contributed by atoms with Crippen molar-refractivity contribution in [2.45, 2.75) is 31.6 Å². The van der Waals surface area contributed by atoms with E-state index in [-0.39, 0.29) is 16.3 Å². The Morgan fingerprint density at radius 1 is 1.23 bits per heavy atom. The monoisotopic (exact) mass is 442 g/mol. The van der Waals surface area contributed by atoms with Crippen LogP contribution in [-0.2, 0) is 23.5 Å². The fourth-order valence-corrected chi connectivity index (χ4v) is 4.57. The zero-order valence-corrected chi connectivity index (χ0v) is 18.2. The summed E-state index contributed by atoms with van der Waals surface area (Å²) in [5, 5.41) is 4.42. The predicted molar refractivity (Wildman–Crippen MR) is 115 cm³/mol. The fourth-order valence-electron chi connectivity index (χ4n) is 3.43. The number of benzene rings is 1. The normalized spacial score (nSPS) is 11.8. The molecule has 0 aliphatic carbocycles. The molecule has 31 heavy (non-hydrogen) atoms. The molecule has 4 rings (SSSR count). The fraction of sp³-hybridized carbons (Fsp3) is 0.300. The molecule has 1 aromatic carbocycles. The minimum atomic E-state index is -3.86. The highest BCUT2D eigenvalue weighted by atomic mass is 32.2. The summed E-state index contributed by atoms with van der Waals surface area (Å²) in [6, 6.07) is 4.45. The van der Waals surface area contributed by atoms with Crippen molar-refractivity contribution in [1.29, 1.82) is 0 Å². The number of aromatic amines is 1. The van der Waals surface area contributed by atoms with Gasteiger partial charge in [0, 0.05) is 19.4 Å². The molecule has 11 heteroatoms. The molecule has 0 aliphatic heterocycles. The number of H-pyrrole nitrogens is 1. The Morgan fingerprint density at radius 3 is 2.71 bits per heavy atom. The molecule has 0 bridgehead atoms. The molecule has 1 N–H and O–H groups in total. The number of aryl methyl sites for hydroxylation is 2. The molecule has 0 radical (unpaired) electrons. The van der Waals surface area contributed by atoms with Crippen LogP contribution in [0.4, 0.5) is 0 Å². The molecule has 0 spiro atoms. The van der Waals surface area contributed by atoms with Crippen molar-refractivity contribution >= 4 is 21.1 Å². The smallest absolute Gasteiger partial charge is 0.277 e. The van der Waals surface area contributed by atoms with Crippen molar-refractivity contribution in [3.05, 3.63) is 53.0 Å². The van der Waals surface area contributed by atoms with Crippen LogP contribution in [0.1, 0.15) is 26.0 Å². The molecule has 0 aliphatic rings. The van der Waals surface area contributed by atoms with Gasteiger partial charge in [0.25, 0.3) is 15.6 Å². The van der Waals surface area contributed by atoms with Crippen LogP contribution >= 0.6 is 0 Å². The lowest BCUT2D eigenvalue weighted by atomic mass is 10.1. The molecule has 0 unspecified atom stereocenters. The maximum atomic E-state index is 12.9. The molecule has 3 aromatic heterocycles. The molecule has 162 valence electrons. The van der Waals surface area contributed by atoms with Gasteiger partial charge >= 0.3 is 0 Å². The molecule has 0 fully saturated rings. The number of nitrogens with zero attached hydrogens (tertiary/aromatic N) is 5. The molecular weight excluding hydrogens is 420 g/mol. The summed E-state index contributed by atoms with van der Waals surface area (Å²) in [5.41, 5.74) is 1.59. The van der Waals surface area contributed by atoms with Crippen molar-refractivity contribution < 1.29 is 13.2 Å². The summed E-state index contributed by atoms with van der Waals surface area (Å²) in [5.74, 6) is 0.629. The van der Waals surface area contributed by atoms with Crippen LogP contribution in [0.2, 0.25) is 0 Å². The maximum Gasteiger partial charge on any atom is 0.277 e. The highest BCUT2D eigenvalue weighted by Crippen LogP contribution is 2.31. The molecule has 0 saturated carbocycles. The van der Waals surface area contributed by atoms with Gasteiger partial charge in [-0.1, -0.05) is 13.3 Å². The van der Waals surface area contributed by atoms with Crippen LogP contribution in [0.3, 0.4) is 0 Å². The first-order valence-electron chi connectivity index (χ1n) is 9.83. The first-order chi connectivity index (χ1) is 14.9. The van der Waals surface area contributed by atoms with E-state index in [1.54, 1.807) is 13.1 Å². The van der Waals surface area contributed by atoms with Crippen LogP contribution in [0.15, 0.2) is 46.6 Å². The number of fused-ring (bicyclic) bond motifs is 1. The first-order valence-corrected chi connectivity index (χ1v) is 11.3. The van der Waals surface area contributed by atoms with Gasteiger partial charge in [0.1, 0.15) is 23.4 Å². The lowest BCUT2D eigenvalue weighted by Crippen LogP contribution is -2.14. The highest BCUT2D eigenvalue weighted by molar-refractivity contribution is 7.90. The zero-order valence-electron chi connectivity index (χ0n) is 17.4. The van der Waals surface area contributed by atoms with Crippen LogP contribution < -0.4 is 10.3 Å². The first kappa shape index (κ1) is 20.8. The van der Waals surface area contributed by atoms with E-state index in [9.17, 15) is 13.2 Å². The summed E-state index contributed by atoms with van der Waals surface area (Å²) in [4.78, 5) is 24.0. The van der Waals surface area contributed by atoms with Crippen molar-refractivity contribution in [3.8, 4) is 17.1 Å². The summed E-state index contributed by atoms with van der Waals surface area (Å²) < 4.78 is 34.1. The summed E-state index contributed by atoms with van der Waals surface area (Å²) >= 11 is 0. The van der Waals surface area contributed by atoms with Crippen molar-refractivity contribution in [3.63, 3.8) is 0 Å². The zero-order chi connectivity index (χ0) is 22.2. The van der Waals surface area contributed by atoms with E-state index in [0.717, 1.165) is 10.4 Å². The Hall–Kier alpha value is -3.47. The SMILES string of the molecule is CCCc1nn(C)c2c(=O)[nH]c(-c3cc(S(=O)(=O)n4ccnc4)ccc3OCC)nc12. The average molecular weight is 443 g/mol. The second-order valence-corrected chi connectivity index (χ2v) is 8.76. The topological polar surface area (TPSA) is 125 Å². The summed E-state index contributed by atoms with van der Waals surface area (Å²) in [6.07, 6.45) is 5.46. The van der Waals surface area contributed by atoms with Gasteiger partial charge < -0.3 is 9.72 Å². The number of aromatic nitrogens is 6. The lowest BCUT2D eigenvalue weighted by Gasteiger charge is -2.12. The lowest BCUT2D eigenvalue weighted by molar-refractivity contribution is 0.341. The molecule has 10 nitrogen and oxygen atoms in total. The Balaban J connectivity index is 1.95. The molecule has 0 saturated heterocycles. The second kappa shape index (κ2) is 7.99. The third-order valence-electron chi connectivity index (χ3n) is 4.81. The molecule has 0 amide bonds. The van der Waals surface area contributed by atoms with E-state index in [0.29, 0.717) is 41.1 Å². The van der Waals surface area contributed by atoms with Crippen LogP contribution in [0.5, 0.6) is 5.75 Å². The minimum Gasteiger partial charge on any atom is -0.493 e. The van der Waals surface area contributed by atoms with Crippen molar-refractivity contribution in [1.82, 2.24) is 28.7 Å². The van der Waals surface area contributed by atoms with E-state index in [4.69, 9.17) is 4.74 Å².